The summed E-state index contributed by atoms with van der Waals surface area (Å²) < 4.78 is 5.26. The standard InChI is InChI=1S/C19H31N3O3/c1-13(2)16(22-18(24)25-19(3,4)5)12-21-17(23)15(20)11-14-9-7-6-8-10-14/h6-10,13,15-16H,11-12,20H2,1-5H3,(H,21,23)(H,22,24)/t15-,16?/m0/s1. The Balaban J connectivity index is 2.50. The Hall–Kier alpha value is -2.08. The molecule has 0 fully saturated rings. The van der Waals surface area contributed by atoms with E-state index in [1.54, 1.807) is 20.8 Å². The van der Waals surface area contributed by atoms with Gasteiger partial charge in [0, 0.05) is 6.54 Å². The number of carbonyl (C=O) groups is 2. The summed E-state index contributed by atoms with van der Waals surface area (Å²) in [6.45, 7) is 9.67. The molecule has 0 radical (unpaired) electrons. The van der Waals surface area contributed by atoms with Crippen LogP contribution in [0.25, 0.3) is 0 Å². The van der Waals surface area contributed by atoms with Crippen LogP contribution in [0.1, 0.15) is 40.2 Å². The lowest BCUT2D eigenvalue weighted by Gasteiger charge is -2.26. The van der Waals surface area contributed by atoms with Crippen molar-refractivity contribution in [2.75, 3.05) is 6.54 Å². The van der Waals surface area contributed by atoms with Gasteiger partial charge >= 0.3 is 6.09 Å². The van der Waals surface area contributed by atoms with E-state index in [1.807, 2.05) is 44.2 Å². The second-order valence-electron chi connectivity index (χ2n) is 7.54. The summed E-state index contributed by atoms with van der Waals surface area (Å²) in [5, 5.41) is 5.62. The topological polar surface area (TPSA) is 93.5 Å². The van der Waals surface area contributed by atoms with E-state index >= 15 is 0 Å². The van der Waals surface area contributed by atoms with Crippen LogP contribution in [0.2, 0.25) is 0 Å². The first-order valence-corrected chi connectivity index (χ1v) is 8.65. The van der Waals surface area contributed by atoms with E-state index in [4.69, 9.17) is 10.5 Å². The third kappa shape index (κ3) is 8.54. The second-order valence-corrected chi connectivity index (χ2v) is 7.54. The predicted octanol–water partition coefficient (Wildman–Crippen LogP) is 2.22. The average Bonchev–Trinajstić information content (AvgIpc) is 2.49. The Morgan fingerprint density at radius 1 is 1.16 bits per heavy atom. The summed E-state index contributed by atoms with van der Waals surface area (Å²) in [5.74, 6) is -0.0985. The smallest absolute Gasteiger partial charge is 0.407 e. The molecule has 0 heterocycles. The molecule has 2 atom stereocenters. The van der Waals surface area contributed by atoms with Gasteiger partial charge in [0.2, 0.25) is 5.91 Å². The van der Waals surface area contributed by atoms with Crippen LogP contribution < -0.4 is 16.4 Å². The molecule has 4 N–H and O–H groups in total. The van der Waals surface area contributed by atoms with Gasteiger partial charge in [-0.1, -0.05) is 44.2 Å². The van der Waals surface area contributed by atoms with Gasteiger partial charge in [0.15, 0.2) is 0 Å². The first-order chi connectivity index (χ1) is 11.6. The highest BCUT2D eigenvalue weighted by atomic mass is 16.6. The number of benzene rings is 1. The predicted molar refractivity (Wildman–Crippen MR) is 99.1 cm³/mol. The first-order valence-electron chi connectivity index (χ1n) is 8.65. The Morgan fingerprint density at radius 2 is 1.76 bits per heavy atom. The van der Waals surface area contributed by atoms with Crippen LogP contribution in [0, 0.1) is 5.92 Å². The van der Waals surface area contributed by atoms with Gasteiger partial charge in [-0.15, -0.1) is 0 Å². The summed E-state index contributed by atoms with van der Waals surface area (Å²) in [6.07, 6.45) is -0.0209. The molecule has 1 aromatic rings. The molecule has 0 saturated carbocycles. The van der Waals surface area contributed by atoms with Gasteiger partial charge in [-0.25, -0.2) is 4.79 Å². The number of rotatable bonds is 7. The van der Waals surface area contributed by atoms with Crippen LogP contribution in [0.4, 0.5) is 4.79 Å². The van der Waals surface area contributed by atoms with Gasteiger partial charge in [-0.3, -0.25) is 4.79 Å². The highest BCUT2D eigenvalue weighted by Crippen LogP contribution is 2.08. The maximum Gasteiger partial charge on any atom is 0.407 e. The lowest BCUT2D eigenvalue weighted by Crippen LogP contribution is -2.51. The van der Waals surface area contributed by atoms with Crippen molar-refractivity contribution in [3.05, 3.63) is 35.9 Å². The summed E-state index contributed by atoms with van der Waals surface area (Å²) in [7, 11) is 0. The summed E-state index contributed by atoms with van der Waals surface area (Å²) in [4.78, 5) is 24.1. The molecular weight excluding hydrogens is 318 g/mol. The van der Waals surface area contributed by atoms with Crippen molar-refractivity contribution >= 4 is 12.0 Å². The summed E-state index contributed by atoms with van der Waals surface area (Å²) in [6, 6.07) is 8.77. The molecule has 140 valence electrons. The molecule has 6 nitrogen and oxygen atoms in total. The van der Waals surface area contributed by atoms with Crippen LogP contribution in [0.5, 0.6) is 0 Å². The molecule has 2 amide bonds. The number of ether oxygens (including phenoxy) is 1. The lowest BCUT2D eigenvalue weighted by atomic mass is 10.0. The number of nitrogens with two attached hydrogens (primary N) is 1. The Morgan fingerprint density at radius 3 is 2.28 bits per heavy atom. The van der Waals surface area contributed by atoms with Gasteiger partial charge in [0.05, 0.1) is 12.1 Å². The third-order valence-corrected chi connectivity index (χ3v) is 3.64. The van der Waals surface area contributed by atoms with E-state index in [-0.39, 0.29) is 17.9 Å². The molecule has 0 aliphatic heterocycles. The monoisotopic (exact) mass is 349 g/mol. The van der Waals surface area contributed by atoms with Crippen molar-refractivity contribution in [2.24, 2.45) is 11.7 Å². The van der Waals surface area contributed by atoms with Gasteiger partial charge in [0.25, 0.3) is 0 Å². The zero-order valence-corrected chi connectivity index (χ0v) is 15.8. The molecule has 0 bridgehead atoms. The molecule has 0 aliphatic rings. The van der Waals surface area contributed by atoms with Crippen molar-refractivity contribution in [2.45, 2.75) is 58.7 Å². The molecule has 0 spiro atoms. The Bertz CT molecular complexity index is 553. The van der Waals surface area contributed by atoms with E-state index in [0.29, 0.717) is 13.0 Å². The number of nitrogens with one attached hydrogen (secondary N) is 2. The van der Waals surface area contributed by atoms with Crippen molar-refractivity contribution in [3.8, 4) is 0 Å². The fraction of sp³-hybridized carbons (Fsp3) is 0.579. The van der Waals surface area contributed by atoms with Crippen LogP contribution in [0.3, 0.4) is 0 Å². The highest BCUT2D eigenvalue weighted by molar-refractivity contribution is 5.81. The van der Waals surface area contributed by atoms with Crippen molar-refractivity contribution < 1.29 is 14.3 Å². The molecule has 6 heteroatoms. The minimum Gasteiger partial charge on any atom is -0.444 e. The quantitative estimate of drug-likeness (QED) is 0.703. The second kappa shape index (κ2) is 9.42. The van der Waals surface area contributed by atoms with Crippen molar-refractivity contribution in [3.63, 3.8) is 0 Å². The SMILES string of the molecule is CC(C)C(CNC(=O)[C@@H](N)Cc1ccccc1)NC(=O)OC(C)(C)C. The molecule has 0 aromatic heterocycles. The summed E-state index contributed by atoms with van der Waals surface area (Å²) in [5.41, 5.74) is 6.42. The molecule has 1 unspecified atom stereocenters. The lowest BCUT2D eigenvalue weighted by molar-refractivity contribution is -0.122. The fourth-order valence-electron chi connectivity index (χ4n) is 2.21. The molecule has 0 saturated heterocycles. The Labute approximate surface area is 150 Å². The zero-order valence-electron chi connectivity index (χ0n) is 15.8. The summed E-state index contributed by atoms with van der Waals surface area (Å²) >= 11 is 0. The Kier molecular flexibility index (Phi) is 7.90. The largest absolute Gasteiger partial charge is 0.444 e. The fourth-order valence-corrected chi connectivity index (χ4v) is 2.21. The highest BCUT2D eigenvalue weighted by Gasteiger charge is 2.23. The number of alkyl carbamates (subject to hydrolysis) is 1. The maximum atomic E-state index is 12.2. The number of hydrogen-bond acceptors (Lipinski definition) is 4. The molecule has 1 rings (SSSR count). The molecule has 0 aliphatic carbocycles. The molecular formula is C19H31N3O3. The van der Waals surface area contributed by atoms with Crippen molar-refractivity contribution in [1.82, 2.24) is 10.6 Å². The third-order valence-electron chi connectivity index (χ3n) is 3.64. The number of hydrogen-bond donors (Lipinski definition) is 3. The van der Waals surface area contributed by atoms with E-state index in [0.717, 1.165) is 5.56 Å². The van der Waals surface area contributed by atoms with E-state index < -0.39 is 17.7 Å². The van der Waals surface area contributed by atoms with Crippen LogP contribution in [-0.2, 0) is 16.0 Å². The van der Waals surface area contributed by atoms with Gasteiger partial charge in [-0.05, 0) is 38.7 Å². The van der Waals surface area contributed by atoms with Gasteiger partial charge in [0.1, 0.15) is 5.60 Å². The average molecular weight is 349 g/mol. The van der Waals surface area contributed by atoms with E-state index in [1.165, 1.54) is 0 Å². The minimum absolute atomic E-state index is 0.137. The first kappa shape index (κ1) is 21.0. The van der Waals surface area contributed by atoms with Crippen molar-refractivity contribution in [1.29, 1.82) is 0 Å². The number of carbonyl (C=O) groups excluding carboxylic acids is 2. The van der Waals surface area contributed by atoms with E-state index in [9.17, 15) is 9.59 Å². The zero-order chi connectivity index (χ0) is 19.0. The maximum absolute atomic E-state index is 12.2. The van der Waals surface area contributed by atoms with Crippen LogP contribution in [0.15, 0.2) is 30.3 Å². The normalized spacial score (nSPS) is 13.9. The molecule has 1 aromatic carbocycles. The number of amides is 2. The van der Waals surface area contributed by atoms with Gasteiger partial charge < -0.3 is 21.1 Å². The van der Waals surface area contributed by atoms with Crippen LogP contribution in [-0.4, -0.2) is 36.2 Å². The van der Waals surface area contributed by atoms with Gasteiger partial charge in [-0.2, -0.15) is 0 Å². The molecule has 25 heavy (non-hydrogen) atoms. The van der Waals surface area contributed by atoms with E-state index in [2.05, 4.69) is 10.6 Å². The minimum atomic E-state index is -0.628. The van der Waals surface area contributed by atoms with Crippen LogP contribution >= 0.6 is 0 Å².